The first kappa shape index (κ1) is 14.3. The number of hydrogen-bond acceptors (Lipinski definition) is 3. The number of aliphatic hydroxyl groups excluding tert-OH is 1. The minimum atomic E-state index is 0.0721. The highest BCUT2D eigenvalue weighted by Crippen LogP contribution is 2.28. The van der Waals surface area contributed by atoms with Gasteiger partial charge in [-0.15, -0.1) is 0 Å². The van der Waals surface area contributed by atoms with E-state index < -0.39 is 0 Å². The van der Waals surface area contributed by atoms with Crippen LogP contribution >= 0.6 is 11.8 Å². The largest absolute Gasteiger partial charge is 0.394 e. The van der Waals surface area contributed by atoms with Crippen molar-refractivity contribution in [1.29, 1.82) is 0 Å². The van der Waals surface area contributed by atoms with E-state index in [1.807, 2.05) is 11.8 Å². The fourth-order valence-electron chi connectivity index (χ4n) is 2.29. The van der Waals surface area contributed by atoms with Crippen LogP contribution in [0, 0.1) is 5.92 Å². The van der Waals surface area contributed by atoms with Crippen molar-refractivity contribution < 1.29 is 5.11 Å². The quantitative estimate of drug-likeness (QED) is 0.645. The molecule has 0 aromatic carbocycles. The Kier molecular flexibility index (Phi) is 6.78. The van der Waals surface area contributed by atoms with Crippen LogP contribution in [-0.2, 0) is 0 Å². The summed E-state index contributed by atoms with van der Waals surface area (Å²) in [5.41, 5.74) is 0.0721. The Bertz CT molecular complexity index is 179. The molecule has 1 rings (SSSR count). The zero-order valence-electron chi connectivity index (χ0n) is 10.8. The Balaban J connectivity index is 2.01. The van der Waals surface area contributed by atoms with E-state index in [0.717, 1.165) is 25.3 Å². The molecule has 2 nitrogen and oxygen atoms in total. The lowest BCUT2D eigenvalue weighted by Crippen LogP contribution is -2.46. The van der Waals surface area contributed by atoms with Crippen LogP contribution in [0.15, 0.2) is 0 Å². The predicted molar refractivity (Wildman–Crippen MR) is 73.1 cm³/mol. The minimum Gasteiger partial charge on any atom is -0.394 e. The highest BCUT2D eigenvalue weighted by Gasteiger charge is 2.31. The summed E-state index contributed by atoms with van der Waals surface area (Å²) in [6, 6.07) is 0. The maximum Gasteiger partial charge on any atom is 0.0613 e. The average molecular weight is 245 g/mol. The van der Waals surface area contributed by atoms with Crippen LogP contribution in [0.25, 0.3) is 0 Å². The minimum absolute atomic E-state index is 0.0721. The summed E-state index contributed by atoms with van der Waals surface area (Å²) in [6.45, 7) is 5.91. The van der Waals surface area contributed by atoms with E-state index in [-0.39, 0.29) is 5.54 Å². The summed E-state index contributed by atoms with van der Waals surface area (Å²) in [4.78, 5) is 0. The van der Waals surface area contributed by atoms with Crippen molar-refractivity contribution in [2.24, 2.45) is 5.92 Å². The second-order valence-corrected chi connectivity index (χ2v) is 6.54. The molecule has 1 saturated carbocycles. The van der Waals surface area contributed by atoms with Crippen molar-refractivity contribution in [3.8, 4) is 0 Å². The van der Waals surface area contributed by atoms with E-state index in [2.05, 4.69) is 19.2 Å². The van der Waals surface area contributed by atoms with E-state index in [1.54, 1.807) is 0 Å². The van der Waals surface area contributed by atoms with Crippen molar-refractivity contribution in [2.75, 3.05) is 24.7 Å². The second-order valence-electron chi connectivity index (χ2n) is 5.39. The van der Waals surface area contributed by atoms with E-state index in [0.29, 0.717) is 6.61 Å². The molecule has 0 spiro atoms. The van der Waals surface area contributed by atoms with Gasteiger partial charge in [-0.25, -0.2) is 0 Å². The fourth-order valence-corrected chi connectivity index (χ4v) is 3.28. The molecule has 2 N–H and O–H groups in total. The molecule has 1 fully saturated rings. The molecule has 1 aliphatic rings. The SMILES string of the molecule is CC(C)CSCCCNC1(CO)CCCC1. The van der Waals surface area contributed by atoms with Gasteiger partial charge in [0.15, 0.2) is 0 Å². The maximum atomic E-state index is 9.42. The number of aliphatic hydroxyl groups is 1. The Morgan fingerprint density at radius 1 is 1.31 bits per heavy atom. The van der Waals surface area contributed by atoms with Gasteiger partial charge in [-0.05, 0) is 43.2 Å². The maximum absolute atomic E-state index is 9.42. The van der Waals surface area contributed by atoms with Crippen LogP contribution in [-0.4, -0.2) is 35.3 Å². The Morgan fingerprint density at radius 3 is 2.56 bits per heavy atom. The molecule has 0 unspecified atom stereocenters. The molecule has 0 aromatic rings. The molecular formula is C13H27NOS. The lowest BCUT2D eigenvalue weighted by atomic mass is 9.99. The summed E-state index contributed by atoms with van der Waals surface area (Å²) in [5, 5.41) is 13.0. The Morgan fingerprint density at radius 2 is 2.00 bits per heavy atom. The monoisotopic (exact) mass is 245 g/mol. The van der Waals surface area contributed by atoms with Gasteiger partial charge in [-0.3, -0.25) is 0 Å². The standard InChI is InChI=1S/C13H27NOS/c1-12(2)10-16-9-5-8-14-13(11-15)6-3-4-7-13/h12,14-15H,3-11H2,1-2H3. The van der Waals surface area contributed by atoms with Gasteiger partial charge in [-0.2, -0.15) is 11.8 Å². The molecule has 0 amide bonds. The van der Waals surface area contributed by atoms with E-state index in [1.165, 1.54) is 30.8 Å². The average Bonchev–Trinajstić information content (AvgIpc) is 2.72. The van der Waals surface area contributed by atoms with Gasteiger partial charge in [0.1, 0.15) is 0 Å². The summed E-state index contributed by atoms with van der Waals surface area (Å²) in [6.07, 6.45) is 6.08. The van der Waals surface area contributed by atoms with Gasteiger partial charge in [0.25, 0.3) is 0 Å². The molecule has 0 aliphatic heterocycles. The third-order valence-electron chi connectivity index (χ3n) is 3.28. The molecule has 0 bridgehead atoms. The summed E-state index contributed by atoms with van der Waals surface area (Å²) in [7, 11) is 0. The van der Waals surface area contributed by atoms with Crippen molar-refractivity contribution >= 4 is 11.8 Å². The number of nitrogens with one attached hydrogen (secondary N) is 1. The van der Waals surface area contributed by atoms with Crippen molar-refractivity contribution in [3.05, 3.63) is 0 Å². The van der Waals surface area contributed by atoms with E-state index in [9.17, 15) is 5.11 Å². The smallest absolute Gasteiger partial charge is 0.0613 e. The predicted octanol–water partition coefficient (Wildman–Crippen LogP) is 2.66. The molecule has 0 heterocycles. The fraction of sp³-hybridized carbons (Fsp3) is 1.00. The van der Waals surface area contributed by atoms with Crippen molar-refractivity contribution in [2.45, 2.75) is 51.5 Å². The molecule has 0 radical (unpaired) electrons. The van der Waals surface area contributed by atoms with Gasteiger partial charge in [0.2, 0.25) is 0 Å². The molecule has 0 aromatic heterocycles. The highest BCUT2D eigenvalue weighted by molar-refractivity contribution is 7.99. The van der Waals surface area contributed by atoms with Crippen LogP contribution < -0.4 is 5.32 Å². The van der Waals surface area contributed by atoms with Crippen LogP contribution in [0.3, 0.4) is 0 Å². The lowest BCUT2D eigenvalue weighted by Gasteiger charge is -2.28. The first-order valence-electron chi connectivity index (χ1n) is 6.62. The summed E-state index contributed by atoms with van der Waals surface area (Å²) >= 11 is 2.05. The summed E-state index contributed by atoms with van der Waals surface area (Å²) in [5.74, 6) is 3.31. The summed E-state index contributed by atoms with van der Waals surface area (Å²) < 4.78 is 0. The normalized spacial score (nSPS) is 19.5. The van der Waals surface area contributed by atoms with Crippen LogP contribution in [0.4, 0.5) is 0 Å². The van der Waals surface area contributed by atoms with Crippen LogP contribution in [0.1, 0.15) is 46.0 Å². The topological polar surface area (TPSA) is 32.3 Å². The zero-order valence-corrected chi connectivity index (χ0v) is 11.6. The lowest BCUT2D eigenvalue weighted by molar-refractivity contribution is 0.165. The molecule has 96 valence electrons. The van der Waals surface area contributed by atoms with Crippen molar-refractivity contribution in [3.63, 3.8) is 0 Å². The van der Waals surface area contributed by atoms with Gasteiger partial charge in [0, 0.05) is 5.54 Å². The van der Waals surface area contributed by atoms with Gasteiger partial charge in [-0.1, -0.05) is 26.7 Å². The highest BCUT2D eigenvalue weighted by atomic mass is 32.2. The molecular weight excluding hydrogens is 218 g/mol. The van der Waals surface area contributed by atoms with Gasteiger partial charge < -0.3 is 10.4 Å². The van der Waals surface area contributed by atoms with Gasteiger partial charge >= 0.3 is 0 Å². The van der Waals surface area contributed by atoms with Crippen LogP contribution in [0.2, 0.25) is 0 Å². The number of thioether (sulfide) groups is 1. The molecule has 0 atom stereocenters. The molecule has 3 heteroatoms. The first-order chi connectivity index (χ1) is 7.68. The zero-order chi connectivity index (χ0) is 11.9. The van der Waals surface area contributed by atoms with Crippen molar-refractivity contribution in [1.82, 2.24) is 5.32 Å². The Hall–Kier alpha value is 0.270. The Labute approximate surface area is 105 Å². The second kappa shape index (κ2) is 7.57. The number of hydrogen-bond donors (Lipinski definition) is 2. The molecule has 16 heavy (non-hydrogen) atoms. The van der Waals surface area contributed by atoms with E-state index >= 15 is 0 Å². The molecule has 0 saturated heterocycles. The van der Waals surface area contributed by atoms with E-state index in [4.69, 9.17) is 0 Å². The third-order valence-corrected chi connectivity index (χ3v) is 4.76. The van der Waals surface area contributed by atoms with Crippen LogP contribution in [0.5, 0.6) is 0 Å². The third kappa shape index (κ3) is 5.07. The first-order valence-corrected chi connectivity index (χ1v) is 7.78. The number of rotatable bonds is 8. The molecule has 1 aliphatic carbocycles. The van der Waals surface area contributed by atoms with Gasteiger partial charge in [0.05, 0.1) is 6.61 Å².